The fraction of sp³-hybridized carbons (Fsp3) is 0.667. The molecule has 17 heavy (non-hydrogen) atoms. The van der Waals surface area contributed by atoms with Crippen LogP contribution < -0.4 is 5.32 Å². The first-order chi connectivity index (χ1) is 8.22. The van der Waals surface area contributed by atoms with Crippen molar-refractivity contribution in [2.24, 2.45) is 17.8 Å². The first-order valence-electron chi connectivity index (χ1n) is 6.91. The van der Waals surface area contributed by atoms with Crippen LogP contribution in [-0.4, -0.2) is 11.0 Å². The summed E-state index contributed by atoms with van der Waals surface area (Å²) in [4.78, 5) is 4.44. The van der Waals surface area contributed by atoms with E-state index in [0.29, 0.717) is 6.04 Å². The molecule has 2 nitrogen and oxygen atoms in total. The zero-order valence-electron chi connectivity index (χ0n) is 10.8. The van der Waals surface area contributed by atoms with Gasteiger partial charge in [0.2, 0.25) is 0 Å². The van der Waals surface area contributed by atoms with E-state index in [0.717, 1.165) is 23.6 Å². The maximum atomic E-state index is 4.44. The molecule has 0 aromatic carbocycles. The highest BCUT2D eigenvalue weighted by molar-refractivity contribution is 5.36. The number of anilines is 1. The molecule has 2 bridgehead atoms. The van der Waals surface area contributed by atoms with Gasteiger partial charge in [-0.05, 0) is 62.5 Å². The molecular formula is C15H22N2. The van der Waals surface area contributed by atoms with E-state index in [-0.39, 0.29) is 0 Å². The third-order valence-corrected chi connectivity index (χ3v) is 4.72. The molecule has 2 aliphatic rings. The Morgan fingerprint density at radius 3 is 2.76 bits per heavy atom. The van der Waals surface area contributed by atoms with E-state index in [9.17, 15) is 0 Å². The fourth-order valence-corrected chi connectivity index (χ4v) is 3.80. The SMILES string of the molecule is Cc1ccc(NC(C)C2CC3CCC2C3)nc1. The van der Waals surface area contributed by atoms with Gasteiger partial charge in [-0.1, -0.05) is 12.5 Å². The van der Waals surface area contributed by atoms with Crippen LogP contribution in [0.5, 0.6) is 0 Å². The number of nitrogens with one attached hydrogen (secondary N) is 1. The Balaban J connectivity index is 1.63. The monoisotopic (exact) mass is 230 g/mol. The first kappa shape index (κ1) is 11.1. The number of hydrogen-bond donors (Lipinski definition) is 1. The van der Waals surface area contributed by atoms with Gasteiger partial charge in [-0.15, -0.1) is 0 Å². The third kappa shape index (κ3) is 2.18. The molecule has 4 unspecified atom stereocenters. The topological polar surface area (TPSA) is 24.9 Å². The van der Waals surface area contributed by atoms with Crippen LogP contribution in [-0.2, 0) is 0 Å². The van der Waals surface area contributed by atoms with Gasteiger partial charge in [0.05, 0.1) is 0 Å². The largest absolute Gasteiger partial charge is 0.367 e. The van der Waals surface area contributed by atoms with Gasteiger partial charge in [-0.3, -0.25) is 0 Å². The van der Waals surface area contributed by atoms with Gasteiger partial charge in [0.1, 0.15) is 5.82 Å². The van der Waals surface area contributed by atoms with Crippen molar-refractivity contribution in [3.05, 3.63) is 23.9 Å². The van der Waals surface area contributed by atoms with Crippen LogP contribution in [0.4, 0.5) is 5.82 Å². The number of rotatable bonds is 3. The van der Waals surface area contributed by atoms with Gasteiger partial charge in [-0.2, -0.15) is 0 Å². The van der Waals surface area contributed by atoms with Gasteiger partial charge in [0.25, 0.3) is 0 Å². The second-order valence-electron chi connectivity index (χ2n) is 5.99. The number of nitrogens with zero attached hydrogens (tertiary/aromatic N) is 1. The molecule has 0 amide bonds. The molecule has 1 heterocycles. The summed E-state index contributed by atoms with van der Waals surface area (Å²) in [5.74, 6) is 3.91. The number of aromatic nitrogens is 1. The van der Waals surface area contributed by atoms with Crippen molar-refractivity contribution in [3.63, 3.8) is 0 Å². The van der Waals surface area contributed by atoms with Crippen molar-refractivity contribution in [3.8, 4) is 0 Å². The molecule has 2 saturated carbocycles. The van der Waals surface area contributed by atoms with Crippen LogP contribution in [0, 0.1) is 24.7 Å². The van der Waals surface area contributed by atoms with E-state index < -0.39 is 0 Å². The molecule has 2 heteroatoms. The molecule has 4 atom stereocenters. The van der Waals surface area contributed by atoms with Crippen LogP contribution >= 0.6 is 0 Å². The van der Waals surface area contributed by atoms with E-state index in [1.165, 1.54) is 31.2 Å². The minimum Gasteiger partial charge on any atom is -0.367 e. The second-order valence-corrected chi connectivity index (χ2v) is 5.99. The third-order valence-electron chi connectivity index (χ3n) is 4.72. The highest BCUT2D eigenvalue weighted by Gasteiger charge is 2.41. The lowest BCUT2D eigenvalue weighted by atomic mass is 9.84. The average molecular weight is 230 g/mol. The van der Waals surface area contributed by atoms with E-state index in [2.05, 4.69) is 36.3 Å². The van der Waals surface area contributed by atoms with Crippen LogP contribution in [0.3, 0.4) is 0 Å². The zero-order chi connectivity index (χ0) is 11.8. The lowest BCUT2D eigenvalue weighted by molar-refractivity contribution is 0.304. The number of aryl methyl sites for hydroxylation is 1. The Hall–Kier alpha value is -1.05. The molecule has 0 aliphatic heterocycles. The molecule has 1 aromatic rings. The lowest BCUT2D eigenvalue weighted by Crippen LogP contribution is -2.30. The van der Waals surface area contributed by atoms with Crippen LogP contribution in [0.25, 0.3) is 0 Å². The fourth-order valence-electron chi connectivity index (χ4n) is 3.80. The van der Waals surface area contributed by atoms with Gasteiger partial charge in [0.15, 0.2) is 0 Å². The van der Waals surface area contributed by atoms with Crippen molar-refractivity contribution in [2.45, 2.75) is 45.6 Å². The van der Waals surface area contributed by atoms with E-state index in [4.69, 9.17) is 0 Å². The Morgan fingerprint density at radius 1 is 1.29 bits per heavy atom. The Labute approximate surface area is 104 Å². The van der Waals surface area contributed by atoms with E-state index in [1.54, 1.807) is 0 Å². The van der Waals surface area contributed by atoms with Crippen LogP contribution in [0.2, 0.25) is 0 Å². The molecule has 2 fully saturated rings. The summed E-state index contributed by atoms with van der Waals surface area (Å²) in [6.45, 7) is 4.41. The number of fused-ring (bicyclic) bond motifs is 2. The molecule has 3 rings (SSSR count). The molecule has 1 aromatic heterocycles. The van der Waals surface area contributed by atoms with Crippen LogP contribution in [0.1, 0.15) is 38.2 Å². The second kappa shape index (κ2) is 4.32. The molecule has 1 N–H and O–H groups in total. The highest BCUT2D eigenvalue weighted by Crippen LogP contribution is 2.49. The minimum absolute atomic E-state index is 0.570. The molecule has 0 spiro atoms. The summed E-state index contributed by atoms with van der Waals surface area (Å²) in [5, 5.41) is 3.58. The van der Waals surface area contributed by atoms with E-state index in [1.807, 2.05) is 6.20 Å². The smallest absolute Gasteiger partial charge is 0.126 e. The van der Waals surface area contributed by atoms with Crippen molar-refractivity contribution < 1.29 is 0 Å². The molecule has 2 aliphatic carbocycles. The Morgan fingerprint density at radius 2 is 2.18 bits per heavy atom. The zero-order valence-corrected chi connectivity index (χ0v) is 10.8. The number of pyridine rings is 1. The summed E-state index contributed by atoms with van der Waals surface area (Å²) in [6.07, 6.45) is 7.80. The molecular weight excluding hydrogens is 208 g/mol. The molecule has 92 valence electrons. The summed E-state index contributed by atoms with van der Waals surface area (Å²) in [7, 11) is 0. The predicted octanol–water partition coefficient (Wildman–Crippen LogP) is 3.63. The quantitative estimate of drug-likeness (QED) is 0.857. The number of hydrogen-bond acceptors (Lipinski definition) is 2. The highest BCUT2D eigenvalue weighted by atomic mass is 15.0. The average Bonchev–Trinajstić information content (AvgIpc) is 2.94. The minimum atomic E-state index is 0.570. The van der Waals surface area contributed by atoms with E-state index >= 15 is 0 Å². The van der Waals surface area contributed by atoms with Gasteiger partial charge < -0.3 is 5.32 Å². The Bertz CT molecular complexity index is 384. The van der Waals surface area contributed by atoms with Crippen molar-refractivity contribution in [1.29, 1.82) is 0 Å². The molecule has 0 saturated heterocycles. The van der Waals surface area contributed by atoms with Crippen molar-refractivity contribution in [2.75, 3.05) is 5.32 Å². The van der Waals surface area contributed by atoms with Gasteiger partial charge in [0, 0.05) is 12.2 Å². The van der Waals surface area contributed by atoms with Gasteiger partial charge in [-0.25, -0.2) is 4.98 Å². The summed E-state index contributed by atoms with van der Waals surface area (Å²) >= 11 is 0. The summed E-state index contributed by atoms with van der Waals surface area (Å²) in [6, 6.07) is 4.79. The normalized spacial score (nSPS) is 32.7. The summed E-state index contributed by atoms with van der Waals surface area (Å²) < 4.78 is 0. The standard InChI is InChI=1S/C15H22N2/c1-10-3-6-15(16-9-10)17-11(2)14-8-12-4-5-13(14)7-12/h3,6,9,11-14H,4-5,7-8H2,1-2H3,(H,16,17). The Kier molecular flexibility index (Phi) is 2.81. The lowest BCUT2D eigenvalue weighted by Gasteiger charge is -2.28. The first-order valence-corrected chi connectivity index (χ1v) is 6.91. The van der Waals surface area contributed by atoms with Crippen molar-refractivity contribution >= 4 is 5.82 Å². The maximum absolute atomic E-state index is 4.44. The van der Waals surface area contributed by atoms with Gasteiger partial charge >= 0.3 is 0 Å². The molecule has 0 radical (unpaired) electrons. The summed E-state index contributed by atoms with van der Waals surface area (Å²) in [5.41, 5.74) is 1.23. The van der Waals surface area contributed by atoms with Crippen molar-refractivity contribution in [1.82, 2.24) is 4.98 Å². The maximum Gasteiger partial charge on any atom is 0.126 e. The van der Waals surface area contributed by atoms with Crippen LogP contribution in [0.15, 0.2) is 18.3 Å². The predicted molar refractivity (Wildman–Crippen MR) is 71.0 cm³/mol.